The second-order valence-corrected chi connectivity index (χ2v) is 9.10. The van der Waals surface area contributed by atoms with Crippen LogP contribution in [0.25, 0.3) is 21.8 Å². The molecule has 0 atom stereocenters. The van der Waals surface area contributed by atoms with Crippen molar-refractivity contribution >= 4 is 27.7 Å². The van der Waals surface area contributed by atoms with Gasteiger partial charge in [0.15, 0.2) is 16.9 Å². The molecule has 0 saturated heterocycles. The predicted octanol–water partition coefficient (Wildman–Crippen LogP) is 4.85. The van der Waals surface area contributed by atoms with Crippen LogP contribution in [0.15, 0.2) is 71.5 Å². The summed E-state index contributed by atoms with van der Waals surface area (Å²) >= 11 is 0. The minimum absolute atomic E-state index is 0.00269. The van der Waals surface area contributed by atoms with Gasteiger partial charge in [-0.1, -0.05) is 43.2 Å². The Bertz CT molecular complexity index is 1390. The van der Waals surface area contributed by atoms with Crippen molar-refractivity contribution in [2.45, 2.75) is 44.8 Å². The molecule has 0 bridgehead atoms. The average molecular weight is 455 g/mol. The lowest BCUT2D eigenvalue weighted by atomic mass is 10.1. The highest BCUT2D eigenvalue weighted by molar-refractivity contribution is 5.94. The molecule has 3 aromatic carbocycles. The van der Waals surface area contributed by atoms with E-state index in [0.717, 1.165) is 53.8 Å². The molecule has 34 heavy (non-hydrogen) atoms. The van der Waals surface area contributed by atoms with Gasteiger partial charge in [0, 0.05) is 23.4 Å². The van der Waals surface area contributed by atoms with Crippen LogP contribution in [0.5, 0.6) is 11.5 Å². The van der Waals surface area contributed by atoms with Crippen molar-refractivity contribution in [3.05, 3.63) is 82.5 Å². The van der Waals surface area contributed by atoms with E-state index < -0.39 is 0 Å². The van der Waals surface area contributed by atoms with Crippen LogP contribution in [0.3, 0.4) is 0 Å². The number of nitrogens with zero attached hydrogens (tertiary/aromatic N) is 2. The van der Waals surface area contributed by atoms with Crippen molar-refractivity contribution in [3.8, 4) is 11.5 Å². The van der Waals surface area contributed by atoms with Gasteiger partial charge in [0.1, 0.15) is 6.54 Å². The van der Waals surface area contributed by atoms with Gasteiger partial charge in [-0.2, -0.15) is 0 Å². The van der Waals surface area contributed by atoms with E-state index in [1.807, 2.05) is 76.2 Å². The summed E-state index contributed by atoms with van der Waals surface area (Å²) in [5.41, 5.74) is 2.60. The van der Waals surface area contributed by atoms with Crippen molar-refractivity contribution in [1.29, 1.82) is 0 Å². The van der Waals surface area contributed by atoms with E-state index in [1.165, 1.54) is 0 Å². The zero-order chi connectivity index (χ0) is 23.1. The number of pyridine rings is 1. The topological polar surface area (TPSA) is 60.8 Å². The molecule has 1 aromatic heterocycles. The third-order valence-corrected chi connectivity index (χ3v) is 7.05. The smallest absolute Gasteiger partial charge is 0.243 e. The van der Waals surface area contributed by atoms with Crippen molar-refractivity contribution in [1.82, 2.24) is 9.47 Å². The second-order valence-electron chi connectivity index (χ2n) is 9.10. The Morgan fingerprint density at radius 3 is 2.24 bits per heavy atom. The lowest BCUT2D eigenvalue weighted by Crippen LogP contribution is -2.40. The Balaban J connectivity index is 1.39. The Morgan fingerprint density at radius 1 is 0.882 bits per heavy atom. The monoisotopic (exact) mass is 454 g/mol. The number of carbonyl (C=O) groups excluding carboxylic acids is 1. The largest absolute Gasteiger partial charge is 0.454 e. The first kappa shape index (κ1) is 20.8. The van der Waals surface area contributed by atoms with E-state index in [0.29, 0.717) is 17.3 Å². The van der Waals surface area contributed by atoms with E-state index in [1.54, 1.807) is 0 Å². The number of benzene rings is 3. The van der Waals surface area contributed by atoms with Crippen molar-refractivity contribution in [3.63, 3.8) is 0 Å². The number of ether oxygens (including phenoxy) is 2. The number of hydrogen-bond acceptors (Lipinski definition) is 4. The van der Waals surface area contributed by atoms with Crippen molar-refractivity contribution < 1.29 is 14.3 Å². The minimum Gasteiger partial charge on any atom is -0.454 e. The first-order valence-corrected chi connectivity index (χ1v) is 11.9. The molecule has 2 heterocycles. The van der Waals surface area contributed by atoms with Crippen LogP contribution in [0.2, 0.25) is 0 Å². The molecular formula is C28H26N2O4. The zero-order valence-electron chi connectivity index (χ0n) is 18.9. The Kier molecular flexibility index (Phi) is 5.21. The first-order chi connectivity index (χ1) is 16.7. The van der Waals surface area contributed by atoms with Gasteiger partial charge in [0.05, 0.1) is 11.0 Å². The SMILES string of the molecule is O=C(Cn1c2ccccc2c(=O)c2ccccc21)N(Cc1ccc2c(c1)OCO2)C1CCCC1. The van der Waals surface area contributed by atoms with Crippen LogP contribution in [0.4, 0.5) is 0 Å². The fourth-order valence-electron chi connectivity index (χ4n) is 5.35. The third kappa shape index (κ3) is 3.59. The number of fused-ring (bicyclic) bond motifs is 3. The molecule has 0 spiro atoms. The summed E-state index contributed by atoms with van der Waals surface area (Å²) in [6, 6.07) is 21.2. The quantitative estimate of drug-likeness (QED) is 0.404. The molecule has 1 aliphatic heterocycles. The van der Waals surface area contributed by atoms with Crippen LogP contribution < -0.4 is 14.9 Å². The summed E-state index contributed by atoms with van der Waals surface area (Å²) in [5.74, 6) is 1.53. The van der Waals surface area contributed by atoms with Gasteiger partial charge in [-0.15, -0.1) is 0 Å². The maximum absolute atomic E-state index is 13.9. The molecule has 1 aliphatic carbocycles. The van der Waals surface area contributed by atoms with Crippen LogP contribution >= 0.6 is 0 Å². The average Bonchev–Trinajstić information content (AvgIpc) is 3.57. The van der Waals surface area contributed by atoms with Gasteiger partial charge in [-0.25, -0.2) is 0 Å². The molecule has 1 amide bonds. The molecule has 1 saturated carbocycles. The van der Waals surface area contributed by atoms with Crippen LogP contribution in [-0.4, -0.2) is 28.2 Å². The summed E-state index contributed by atoms with van der Waals surface area (Å²) in [7, 11) is 0. The summed E-state index contributed by atoms with van der Waals surface area (Å²) in [5, 5.41) is 1.27. The van der Waals surface area contributed by atoms with Gasteiger partial charge in [0.25, 0.3) is 0 Å². The van der Waals surface area contributed by atoms with Crippen molar-refractivity contribution in [2.75, 3.05) is 6.79 Å². The van der Waals surface area contributed by atoms with Gasteiger partial charge in [-0.05, 0) is 54.8 Å². The second kappa shape index (κ2) is 8.52. The molecule has 2 aliphatic rings. The molecule has 0 N–H and O–H groups in total. The zero-order valence-corrected chi connectivity index (χ0v) is 18.9. The molecule has 6 heteroatoms. The fraction of sp³-hybridized carbons (Fsp3) is 0.286. The maximum atomic E-state index is 13.9. The summed E-state index contributed by atoms with van der Waals surface area (Å²) in [6.45, 7) is 0.940. The van der Waals surface area contributed by atoms with Gasteiger partial charge >= 0.3 is 0 Å². The van der Waals surface area contributed by atoms with Crippen molar-refractivity contribution in [2.24, 2.45) is 0 Å². The number of aromatic nitrogens is 1. The molecule has 172 valence electrons. The summed E-state index contributed by atoms with van der Waals surface area (Å²) in [6.07, 6.45) is 4.31. The Hall–Kier alpha value is -3.80. The summed E-state index contributed by atoms with van der Waals surface area (Å²) in [4.78, 5) is 29.0. The first-order valence-electron chi connectivity index (χ1n) is 11.9. The number of para-hydroxylation sites is 2. The molecule has 0 radical (unpaired) electrons. The lowest BCUT2D eigenvalue weighted by molar-refractivity contribution is -0.134. The van der Waals surface area contributed by atoms with Gasteiger partial charge in [-0.3, -0.25) is 9.59 Å². The normalized spacial score (nSPS) is 15.3. The number of rotatable bonds is 5. The molecule has 4 aromatic rings. The molecular weight excluding hydrogens is 428 g/mol. The van der Waals surface area contributed by atoms with E-state index in [-0.39, 0.29) is 30.7 Å². The maximum Gasteiger partial charge on any atom is 0.243 e. The van der Waals surface area contributed by atoms with E-state index in [4.69, 9.17) is 9.47 Å². The molecule has 6 rings (SSSR count). The predicted molar refractivity (Wildman–Crippen MR) is 131 cm³/mol. The number of hydrogen-bond donors (Lipinski definition) is 0. The third-order valence-electron chi connectivity index (χ3n) is 7.05. The lowest BCUT2D eigenvalue weighted by Gasteiger charge is -2.30. The standard InChI is InChI=1S/C28H26N2O4/c31-27(17-30-23-11-5-3-9-21(23)28(32)22-10-4-6-12-24(22)30)29(20-7-1-2-8-20)16-19-13-14-25-26(15-19)34-18-33-25/h3-6,9-15,20H,1-2,7-8,16-18H2. The highest BCUT2D eigenvalue weighted by Gasteiger charge is 2.28. The van der Waals surface area contributed by atoms with E-state index in [2.05, 4.69) is 0 Å². The van der Waals surface area contributed by atoms with Crippen LogP contribution in [0, 0.1) is 0 Å². The highest BCUT2D eigenvalue weighted by atomic mass is 16.7. The van der Waals surface area contributed by atoms with Crippen LogP contribution in [-0.2, 0) is 17.9 Å². The molecule has 0 unspecified atom stereocenters. The van der Waals surface area contributed by atoms with Gasteiger partial charge in [0.2, 0.25) is 12.7 Å². The molecule has 6 nitrogen and oxygen atoms in total. The minimum atomic E-state index is 0.00269. The van der Waals surface area contributed by atoms with E-state index >= 15 is 0 Å². The van der Waals surface area contributed by atoms with Gasteiger partial charge < -0.3 is 18.9 Å². The van der Waals surface area contributed by atoms with Crippen LogP contribution in [0.1, 0.15) is 31.2 Å². The molecule has 1 fully saturated rings. The van der Waals surface area contributed by atoms with E-state index in [9.17, 15) is 9.59 Å². The Morgan fingerprint density at radius 2 is 1.53 bits per heavy atom. The Labute approximate surface area is 197 Å². The summed E-state index contributed by atoms with van der Waals surface area (Å²) < 4.78 is 13.0. The fourth-order valence-corrected chi connectivity index (χ4v) is 5.35. The highest BCUT2D eigenvalue weighted by Crippen LogP contribution is 2.34. The number of carbonyl (C=O) groups is 1. The number of amides is 1.